The zero-order valence-electron chi connectivity index (χ0n) is 8.61. The zero-order chi connectivity index (χ0) is 10.9. The second-order valence-electron chi connectivity index (χ2n) is 4.34. The van der Waals surface area contributed by atoms with Crippen LogP contribution in [0.2, 0.25) is 0 Å². The van der Waals surface area contributed by atoms with Gasteiger partial charge in [0.2, 0.25) is 5.91 Å². The second-order valence-corrected chi connectivity index (χ2v) is 5.07. The third-order valence-corrected chi connectivity index (χ3v) is 2.06. The highest BCUT2D eigenvalue weighted by atomic mass is 32.1. The van der Waals surface area contributed by atoms with Crippen LogP contribution in [-0.4, -0.2) is 34.3 Å². The van der Waals surface area contributed by atoms with Gasteiger partial charge in [-0.15, -0.1) is 0 Å². The van der Waals surface area contributed by atoms with Crippen molar-refractivity contribution in [2.75, 3.05) is 6.54 Å². The summed E-state index contributed by atoms with van der Waals surface area (Å²) in [4.78, 5) is 23.9. The summed E-state index contributed by atoms with van der Waals surface area (Å²) in [5.41, 5.74) is -0.563. The van der Waals surface area contributed by atoms with Crippen molar-refractivity contribution in [3.63, 3.8) is 0 Å². The van der Waals surface area contributed by atoms with E-state index in [2.05, 4.69) is 12.6 Å². The maximum atomic E-state index is 11.5. The summed E-state index contributed by atoms with van der Waals surface area (Å²) in [5, 5.41) is -0.0602. The maximum Gasteiger partial charge on any atom is 0.417 e. The Hall–Kier alpha value is -0.710. The van der Waals surface area contributed by atoms with Gasteiger partial charge in [-0.1, -0.05) is 0 Å². The van der Waals surface area contributed by atoms with Crippen LogP contribution in [0.15, 0.2) is 0 Å². The van der Waals surface area contributed by atoms with Gasteiger partial charge in [-0.05, 0) is 20.8 Å². The van der Waals surface area contributed by atoms with Gasteiger partial charge < -0.3 is 4.74 Å². The number of hydrogen-bond acceptors (Lipinski definition) is 4. The lowest BCUT2D eigenvalue weighted by Crippen LogP contribution is -2.37. The van der Waals surface area contributed by atoms with Crippen LogP contribution in [0.1, 0.15) is 27.2 Å². The number of amides is 2. The van der Waals surface area contributed by atoms with Crippen molar-refractivity contribution < 1.29 is 14.3 Å². The Bertz CT molecular complexity index is 259. The standard InChI is InChI=1S/C9H15NO3S/c1-9(2,3)13-8(12)10-5-6(14)4-7(10)11/h6,14H,4-5H2,1-3H3. The average molecular weight is 217 g/mol. The van der Waals surface area contributed by atoms with Crippen LogP contribution in [0.5, 0.6) is 0 Å². The molecule has 1 saturated heterocycles. The molecule has 1 fully saturated rings. The lowest BCUT2D eigenvalue weighted by atomic mass is 10.2. The molecule has 0 saturated carbocycles. The van der Waals surface area contributed by atoms with Gasteiger partial charge >= 0.3 is 6.09 Å². The van der Waals surface area contributed by atoms with Crippen LogP contribution in [0, 0.1) is 0 Å². The molecule has 14 heavy (non-hydrogen) atoms. The molecule has 1 heterocycles. The Morgan fingerprint density at radius 1 is 1.57 bits per heavy atom. The minimum atomic E-state index is -0.570. The van der Waals surface area contributed by atoms with E-state index in [0.717, 1.165) is 4.90 Å². The van der Waals surface area contributed by atoms with Crippen molar-refractivity contribution in [1.82, 2.24) is 4.90 Å². The van der Waals surface area contributed by atoms with Gasteiger partial charge in [0.15, 0.2) is 0 Å². The lowest BCUT2D eigenvalue weighted by Gasteiger charge is -2.23. The molecule has 1 unspecified atom stereocenters. The lowest BCUT2D eigenvalue weighted by molar-refractivity contribution is -0.126. The Morgan fingerprint density at radius 2 is 2.14 bits per heavy atom. The Balaban J connectivity index is 2.58. The predicted molar refractivity (Wildman–Crippen MR) is 55.3 cm³/mol. The second kappa shape index (κ2) is 3.81. The number of hydrogen-bond donors (Lipinski definition) is 1. The van der Waals surface area contributed by atoms with Gasteiger partial charge in [-0.3, -0.25) is 4.79 Å². The van der Waals surface area contributed by atoms with Crippen LogP contribution in [0.4, 0.5) is 4.79 Å². The van der Waals surface area contributed by atoms with Crippen LogP contribution in [0.3, 0.4) is 0 Å². The normalized spacial score (nSPS) is 22.7. The van der Waals surface area contributed by atoms with Gasteiger partial charge in [-0.2, -0.15) is 12.6 Å². The molecule has 0 bridgehead atoms. The van der Waals surface area contributed by atoms with E-state index in [-0.39, 0.29) is 11.2 Å². The highest BCUT2D eigenvalue weighted by molar-refractivity contribution is 7.81. The van der Waals surface area contributed by atoms with E-state index in [1.54, 1.807) is 20.8 Å². The van der Waals surface area contributed by atoms with Crippen LogP contribution in [-0.2, 0) is 9.53 Å². The van der Waals surface area contributed by atoms with Crippen molar-refractivity contribution >= 4 is 24.6 Å². The van der Waals surface area contributed by atoms with Gasteiger partial charge in [-0.25, -0.2) is 9.69 Å². The number of nitrogens with zero attached hydrogens (tertiary/aromatic N) is 1. The third kappa shape index (κ3) is 2.90. The molecule has 0 aromatic carbocycles. The molecule has 0 aliphatic carbocycles. The summed E-state index contributed by atoms with van der Waals surface area (Å²) in [6.45, 7) is 5.65. The van der Waals surface area contributed by atoms with E-state index < -0.39 is 11.7 Å². The molecule has 1 rings (SSSR count). The van der Waals surface area contributed by atoms with Crippen molar-refractivity contribution in [2.45, 2.75) is 38.0 Å². The molecule has 5 heteroatoms. The summed E-state index contributed by atoms with van der Waals surface area (Å²) in [6.07, 6.45) is -0.262. The Kier molecular flexibility index (Phi) is 3.09. The fourth-order valence-electron chi connectivity index (χ4n) is 1.18. The van der Waals surface area contributed by atoms with Crippen molar-refractivity contribution in [2.24, 2.45) is 0 Å². The SMILES string of the molecule is CC(C)(C)OC(=O)N1CC(S)CC1=O. The summed E-state index contributed by atoms with van der Waals surface area (Å²) >= 11 is 4.15. The summed E-state index contributed by atoms with van der Waals surface area (Å²) < 4.78 is 5.07. The van der Waals surface area contributed by atoms with Crippen molar-refractivity contribution in [3.8, 4) is 0 Å². The quantitative estimate of drug-likeness (QED) is 0.625. The first-order chi connectivity index (χ1) is 6.29. The first-order valence-corrected chi connectivity index (χ1v) is 5.02. The molecule has 0 spiro atoms. The molecule has 0 aromatic heterocycles. The largest absolute Gasteiger partial charge is 0.443 e. The van der Waals surface area contributed by atoms with E-state index in [9.17, 15) is 9.59 Å². The van der Waals surface area contributed by atoms with E-state index in [1.807, 2.05) is 0 Å². The molecule has 0 radical (unpaired) electrons. The molecule has 1 aliphatic heterocycles. The molecular formula is C9H15NO3S. The molecule has 2 amide bonds. The van der Waals surface area contributed by atoms with E-state index in [1.165, 1.54) is 0 Å². The minimum absolute atomic E-state index is 0.0602. The van der Waals surface area contributed by atoms with Crippen LogP contribution < -0.4 is 0 Å². The molecule has 1 aliphatic rings. The summed E-state index contributed by atoms with van der Waals surface area (Å²) in [7, 11) is 0. The minimum Gasteiger partial charge on any atom is -0.443 e. The maximum absolute atomic E-state index is 11.5. The number of carbonyl (C=O) groups is 2. The number of rotatable bonds is 0. The summed E-state index contributed by atoms with van der Waals surface area (Å²) in [5.74, 6) is -0.209. The molecule has 1 atom stereocenters. The van der Waals surface area contributed by atoms with E-state index in [4.69, 9.17) is 4.74 Å². The smallest absolute Gasteiger partial charge is 0.417 e. The highest BCUT2D eigenvalue weighted by Gasteiger charge is 2.34. The number of likely N-dealkylation sites (tertiary alicyclic amines) is 1. The fourth-order valence-corrected chi connectivity index (χ4v) is 1.50. The molecular weight excluding hydrogens is 202 g/mol. The van der Waals surface area contributed by atoms with Crippen LogP contribution >= 0.6 is 12.6 Å². The van der Waals surface area contributed by atoms with E-state index >= 15 is 0 Å². The van der Waals surface area contributed by atoms with Crippen molar-refractivity contribution in [1.29, 1.82) is 0 Å². The molecule has 80 valence electrons. The van der Waals surface area contributed by atoms with E-state index in [0.29, 0.717) is 13.0 Å². The summed E-state index contributed by atoms with van der Waals surface area (Å²) in [6, 6.07) is 0. The number of thiol groups is 1. The molecule has 4 nitrogen and oxygen atoms in total. The van der Waals surface area contributed by atoms with Crippen LogP contribution in [0.25, 0.3) is 0 Å². The van der Waals surface area contributed by atoms with Gasteiger partial charge in [0.25, 0.3) is 0 Å². The highest BCUT2D eigenvalue weighted by Crippen LogP contribution is 2.19. The number of carbonyl (C=O) groups excluding carboxylic acids is 2. The zero-order valence-corrected chi connectivity index (χ0v) is 9.51. The Morgan fingerprint density at radius 3 is 2.50 bits per heavy atom. The van der Waals surface area contributed by atoms with Crippen molar-refractivity contribution in [3.05, 3.63) is 0 Å². The third-order valence-electron chi connectivity index (χ3n) is 1.72. The van der Waals surface area contributed by atoms with Gasteiger partial charge in [0.05, 0.1) is 0 Å². The van der Waals surface area contributed by atoms with Gasteiger partial charge in [0.1, 0.15) is 5.60 Å². The monoisotopic (exact) mass is 217 g/mol. The number of imide groups is 1. The number of ether oxygens (including phenoxy) is 1. The molecule has 0 N–H and O–H groups in total. The predicted octanol–water partition coefficient (Wildman–Crippen LogP) is 1.45. The fraction of sp³-hybridized carbons (Fsp3) is 0.778. The molecule has 0 aromatic rings. The first-order valence-electron chi connectivity index (χ1n) is 4.51. The first kappa shape index (κ1) is 11.4. The Labute approximate surface area is 89.0 Å². The topological polar surface area (TPSA) is 46.6 Å². The van der Waals surface area contributed by atoms with Gasteiger partial charge in [0, 0.05) is 18.2 Å². The average Bonchev–Trinajstić information content (AvgIpc) is 2.26.